The molecule has 106 valence electrons. The van der Waals surface area contributed by atoms with Gasteiger partial charge in [0.2, 0.25) is 5.91 Å². The maximum Gasteiger partial charge on any atom is 0.323 e. The molecule has 0 saturated carbocycles. The number of hydrogen-bond acceptors (Lipinski definition) is 4. The lowest BCUT2D eigenvalue weighted by atomic mass is 10.2. The van der Waals surface area contributed by atoms with Gasteiger partial charge in [-0.2, -0.15) is 0 Å². The first-order chi connectivity index (χ1) is 8.90. The van der Waals surface area contributed by atoms with Gasteiger partial charge >= 0.3 is 5.97 Å². The lowest BCUT2D eigenvalue weighted by Crippen LogP contribution is -2.40. The predicted molar refractivity (Wildman–Crippen MR) is 74.3 cm³/mol. The van der Waals surface area contributed by atoms with Crippen molar-refractivity contribution in [1.29, 1.82) is 0 Å². The van der Waals surface area contributed by atoms with Gasteiger partial charge in [0.1, 0.15) is 6.54 Å². The lowest BCUT2D eigenvalue weighted by Gasteiger charge is -2.24. The number of amides is 1. The van der Waals surface area contributed by atoms with E-state index in [1.165, 1.54) is 4.90 Å². The van der Waals surface area contributed by atoms with Gasteiger partial charge in [-0.3, -0.25) is 9.59 Å². The van der Waals surface area contributed by atoms with Crippen LogP contribution >= 0.6 is 11.3 Å². The van der Waals surface area contributed by atoms with Gasteiger partial charge in [0, 0.05) is 23.5 Å². The van der Waals surface area contributed by atoms with E-state index in [4.69, 9.17) is 5.11 Å². The summed E-state index contributed by atoms with van der Waals surface area (Å²) in [5.74, 6) is -1.08. The van der Waals surface area contributed by atoms with Gasteiger partial charge in [-0.05, 0) is 33.6 Å². The van der Waals surface area contributed by atoms with Crippen molar-refractivity contribution in [3.8, 4) is 0 Å². The topological polar surface area (TPSA) is 70.5 Å². The van der Waals surface area contributed by atoms with Crippen LogP contribution in [-0.4, -0.2) is 39.5 Å². The van der Waals surface area contributed by atoms with E-state index >= 15 is 0 Å². The first-order valence-corrected chi connectivity index (χ1v) is 7.20. The minimum atomic E-state index is -0.974. The number of carboxylic acid groups (broad SMARTS) is 1. The van der Waals surface area contributed by atoms with Crippen LogP contribution in [0.3, 0.4) is 0 Å². The maximum absolute atomic E-state index is 12.0. The van der Waals surface area contributed by atoms with Crippen LogP contribution < -0.4 is 0 Å². The Bertz CT molecular complexity index is 443. The Balaban J connectivity index is 2.42. The summed E-state index contributed by atoms with van der Waals surface area (Å²) < 4.78 is 0. The first-order valence-electron chi connectivity index (χ1n) is 6.32. The largest absolute Gasteiger partial charge is 0.480 e. The zero-order valence-electron chi connectivity index (χ0n) is 11.5. The number of carboxylic acids is 1. The molecule has 1 aromatic rings. The fourth-order valence-electron chi connectivity index (χ4n) is 1.76. The highest BCUT2D eigenvalue weighted by Crippen LogP contribution is 2.13. The molecule has 0 bridgehead atoms. The molecule has 1 rings (SSSR count). The van der Waals surface area contributed by atoms with E-state index in [1.807, 2.05) is 26.2 Å². The van der Waals surface area contributed by atoms with Crippen molar-refractivity contribution in [3.63, 3.8) is 0 Å². The second-order valence-electron chi connectivity index (χ2n) is 4.75. The number of aromatic nitrogens is 1. The lowest BCUT2D eigenvalue weighted by molar-refractivity contribution is -0.145. The molecule has 1 heterocycles. The van der Waals surface area contributed by atoms with Crippen LogP contribution in [0.15, 0.2) is 5.38 Å². The standard InChI is InChI=1S/C13H20N2O3S/c1-9(2)15(7-13(17)18)12(16)6-4-5-11-14-10(3)8-19-11/h8-9H,4-7H2,1-3H3,(H,17,18). The number of hydrogen-bond donors (Lipinski definition) is 1. The number of thiazole rings is 1. The molecule has 0 fully saturated rings. The van der Waals surface area contributed by atoms with Crippen molar-refractivity contribution in [1.82, 2.24) is 9.88 Å². The van der Waals surface area contributed by atoms with Crippen LogP contribution in [0.5, 0.6) is 0 Å². The van der Waals surface area contributed by atoms with Crippen molar-refractivity contribution in [3.05, 3.63) is 16.1 Å². The summed E-state index contributed by atoms with van der Waals surface area (Å²) in [6.45, 7) is 5.36. The Labute approximate surface area is 117 Å². The smallest absolute Gasteiger partial charge is 0.323 e. The van der Waals surface area contributed by atoms with E-state index in [0.717, 1.165) is 17.1 Å². The molecule has 6 heteroatoms. The predicted octanol–water partition coefficient (Wildman–Crippen LogP) is 2.10. The third-order valence-electron chi connectivity index (χ3n) is 2.70. The number of nitrogens with zero attached hydrogens (tertiary/aromatic N) is 2. The van der Waals surface area contributed by atoms with Crippen LogP contribution in [0.2, 0.25) is 0 Å². The van der Waals surface area contributed by atoms with Crippen LogP contribution in [0.4, 0.5) is 0 Å². The number of carbonyl (C=O) groups excluding carboxylic acids is 1. The molecule has 0 aliphatic carbocycles. The highest BCUT2D eigenvalue weighted by atomic mass is 32.1. The highest BCUT2D eigenvalue weighted by molar-refractivity contribution is 7.09. The van der Waals surface area contributed by atoms with Gasteiger partial charge in [-0.15, -0.1) is 11.3 Å². The monoisotopic (exact) mass is 284 g/mol. The van der Waals surface area contributed by atoms with Gasteiger partial charge < -0.3 is 10.0 Å². The van der Waals surface area contributed by atoms with E-state index in [2.05, 4.69) is 4.98 Å². The Morgan fingerprint density at radius 2 is 2.16 bits per heavy atom. The third-order valence-corrected chi connectivity index (χ3v) is 3.72. The average molecular weight is 284 g/mol. The minimum absolute atomic E-state index is 0.0919. The Morgan fingerprint density at radius 3 is 2.63 bits per heavy atom. The Hall–Kier alpha value is -1.43. The van der Waals surface area contributed by atoms with Gasteiger partial charge in [-0.25, -0.2) is 4.98 Å². The van der Waals surface area contributed by atoms with Crippen LogP contribution in [0.25, 0.3) is 0 Å². The van der Waals surface area contributed by atoms with Crippen LogP contribution in [0.1, 0.15) is 37.4 Å². The SMILES string of the molecule is Cc1csc(CCCC(=O)N(CC(=O)O)C(C)C)n1. The fourth-order valence-corrected chi connectivity index (χ4v) is 2.57. The quantitative estimate of drug-likeness (QED) is 0.832. The molecule has 0 aliphatic heterocycles. The summed E-state index contributed by atoms with van der Waals surface area (Å²) in [5, 5.41) is 11.8. The molecular weight excluding hydrogens is 264 g/mol. The fraction of sp³-hybridized carbons (Fsp3) is 0.615. The molecule has 1 N–H and O–H groups in total. The molecule has 0 radical (unpaired) electrons. The molecule has 19 heavy (non-hydrogen) atoms. The molecular formula is C13H20N2O3S. The van der Waals surface area contributed by atoms with Crippen molar-refractivity contribution in [2.75, 3.05) is 6.54 Å². The van der Waals surface area contributed by atoms with Crippen molar-refractivity contribution in [2.24, 2.45) is 0 Å². The zero-order valence-corrected chi connectivity index (χ0v) is 12.4. The Kier molecular flexibility index (Phi) is 5.95. The molecule has 1 amide bonds. The summed E-state index contributed by atoms with van der Waals surface area (Å²) in [6.07, 6.45) is 1.84. The van der Waals surface area contributed by atoms with E-state index in [1.54, 1.807) is 11.3 Å². The molecule has 0 aliphatic rings. The van der Waals surface area contributed by atoms with E-state index in [0.29, 0.717) is 12.8 Å². The van der Waals surface area contributed by atoms with Crippen molar-refractivity contribution >= 4 is 23.2 Å². The van der Waals surface area contributed by atoms with Crippen LogP contribution in [0, 0.1) is 6.92 Å². The summed E-state index contributed by atoms with van der Waals surface area (Å²) in [5.41, 5.74) is 1.00. The molecule has 0 unspecified atom stereocenters. The molecule has 5 nitrogen and oxygen atoms in total. The van der Waals surface area contributed by atoms with Gasteiger partial charge in [0.05, 0.1) is 5.01 Å². The maximum atomic E-state index is 12.0. The molecule has 0 atom stereocenters. The zero-order chi connectivity index (χ0) is 14.4. The molecule has 0 spiro atoms. The summed E-state index contributed by atoms with van der Waals surface area (Å²) in [4.78, 5) is 28.4. The summed E-state index contributed by atoms with van der Waals surface area (Å²) in [6, 6.07) is -0.0919. The third kappa shape index (κ3) is 5.38. The van der Waals surface area contributed by atoms with Gasteiger partial charge in [0.15, 0.2) is 0 Å². The van der Waals surface area contributed by atoms with Gasteiger partial charge in [0.25, 0.3) is 0 Å². The van der Waals surface area contributed by atoms with Crippen LogP contribution in [-0.2, 0) is 16.0 Å². The van der Waals surface area contributed by atoms with E-state index in [-0.39, 0.29) is 18.5 Å². The second kappa shape index (κ2) is 7.23. The number of rotatable bonds is 7. The Morgan fingerprint density at radius 1 is 1.47 bits per heavy atom. The molecule has 0 saturated heterocycles. The van der Waals surface area contributed by atoms with E-state index in [9.17, 15) is 9.59 Å². The normalized spacial score (nSPS) is 10.7. The number of carbonyl (C=O) groups is 2. The van der Waals surface area contributed by atoms with Crippen molar-refractivity contribution in [2.45, 2.75) is 46.1 Å². The minimum Gasteiger partial charge on any atom is -0.480 e. The summed E-state index contributed by atoms with van der Waals surface area (Å²) >= 11 is 1.60. The highest BCUT2D eigenvalue weighted by Gasteiger charge is 2.19. The van der Waals surface area contributed by atoms with Crippen molar-refractivity contribution < 1.29 is 14.7 Å². The van der Waals surface area contributed by atoms with E-state index < -0.39 is 5.97 Å². The van der Waals surface area contributed by atoms with Gasteiger partial charge in [-0.1, -0.05) is 0 Å². The molecule has 1 aromatic heterocycles. The summed E-state index contributed by atoms with van der Waals surface area (Å²) in [7, 11) is 0. The number of aryl methyl sites for hydroxylation is 2. The molecule has 0 aromatic carbocycles. The average Bonchev–Trinajstić information content (AvgIpc) is 2.71. The second-order valence-corrected chi connectivity index (χ2v) is 5.69. The number of aliphatic carboxylic acids is 1. The first kappa shape index (κ1) is 15.6.